The Morgan fingerprint density at radius 1 is 1.18 bits per heavy atom. The van der Waals surface area contributed by atoms with Gasteiger partial charge in [-0.2, -0.15) is 0 Å². The monoisotopic (exact) mass is 546 g/mol. The molecule has 3 rings (SSSR count). The fourth-order valence-electron chi connectivity index (χ4n) is 7.63. The smallest absolute Gasteiger partial charge is 0.312 e. The molecule has 8 heteroatoms. The number of carbonyl (C=O) groups excluding carboxylic acids is 3. The van der Waals surface area contributed by atoms with E-state index >= 15 is 0 Å². The van der Waals surface area contributed by atoms with E-state index in [0.29, 0.717) is 38.6 Å². The lowest BCUT2D eigenvalue weighted by atomic mass is 9.65. The molecule has 220 valence electrons. The van der Waals surface area contributed by atoms with Gasteiger partial charge in [0.05, 0.1) is 18.1 Å². The second-order valence-corrected chi connectivity index (χ2v) is 13.3. The van der Waals surface area contributed by atoms with Gasteiger partial charge in [0.15, 0.2) is 0 Å². The van der Waals surface area contributed by atoms with Crippen molar-refractivity contribution in [2.75, 3.05) is 26.3 Å². The van der Waals surface area contributed by atoms with Gasteiger partial charge in [-0.3, -0.25) is 14.4 Å². The second kappa shape index (κ2) is 11.7. The molecule has 8 nitrogen and oxygen atoms in total. The summed E-state index contributed by atoms with van der Waals surface area (Å²) in [6.45, 7) is 20.8. The lowest BCUT2D eigenvalue weighted by Gasteiger charge is -2.45. The third-order valence-corrected chi connectivity index (χ3v) is 8.79. The first-order valence-electron chi connectivity index (χ1n) is 14.6. The number of rotatable bonds is 14. The number of hydrogen-bond acceptors (Lipinski definition) is 6. The summed E-state index contributed by atoms with van der Waals surface area (Å²) >= 11 is 0. The summed E-state index contributed by atoms with van der Waals surface area (Å²) in [4.78, 5) is 45.7. The maximum absolute atomic E-state index is 14.6. The van der Waals surface area contributed by atoms with Crippen LogP contribution < -0.4 is 0 Å². The molecule has 39 heavy (non-hydrogen) atoms. The number of allylic oxidation sites excluding steroid dienone is 1. The average molecular weight is 547 g/mol. The minimum absolute atomic E-state index is 0.0406. The summed E-state index contributed by atoms with van der Waals surface area (Å²) in [6.07, 6.45) is 7.62. The summed E-state index contributed by atoms with van der Waals surface area (Å²) in [5.41, 5.74) is -2.50. The molecule has 3 saturated heterocycles. The highest BCUT2D eigenvalue weighted by Crippen LogP contribution is 2.64. The molecule has 5 atom stereocenters. The predicted molar refractivity (Wildman–Crippen MR) is 151 cm³/mol. The zero-order chi connectivity index (χ0) is 29.2. The van der Waals surface area contributed by atoms with Crippen LogP contribution in [0.4, 0.5) is 0 Å². The lowest BCUT2D eigenvalue weighted by Crippen LogP contribution is -2.61. The standard InChI is InChI=1S/C31H50N2O6/c1-9-12-13-20-38-27(37)23-22-25(35)32(18-14-19-34)24(31(22)16-15-30(23,11-3)39-31)26(36)33(17-10-2)29(7,8)21-28(4,5)6/h9-10,22-24,34H,1-2,11-21H2,3-8H3/t22-,23-,24?,30+,31?/m0/s1. The zero-order valence-corrected chi connectivity index (χ0v) is 25.0. The van der Waals surface area contributed by atoms with E-state index in [1.807, 2.05) is 25.7 Å². The molecule has 2 bridgehead atoms. The van der Waals surface area contributed by atoms with Crippen molar-refractivity contribution in [3.63, 3.8) is 0 Å². The number of amides is 2. The number of ether oxygens (including phenoxy) is 2. The Morgan fingerprint density at radius 2 is 1.87 bits per heavy atom. The molecular weight excluding hydrogens is 496 g/mol. The number of aliphatic hydroxyl groups excluding tert-OH is 1. The number of unbranched alkanes of at least 4 members (excludes halogenated alkanes) is 1. The maximum Gasteiger partial charge on any atom is 0.312 e. The van der Waals surface area contributed by atoms with Crippen LogP contribution in [-0.2, 0) is 23.9 Å². The first kappa shape index (κ1) is 31.3. The van der Waals surface area contributed by atoms with Crippen molar-refractivity contribution < 1.29 is 29.0 Å². The van der Waals surface area contributed by atoms with Gasteiger partial charge in [0, 0.05) is 25.2 Å². The molecule has 0 radical (unpaired) electrons. The molecule has 3 aliphatic heterocycles. The van der Waals surface area contributed by atoms with Gasteiger partial charge in [-0.1, -0.05) is 39.8 Å². The average Bonchev–Trinajstić information content (AvgIpc) is 3.45. The van der Waals surface area contributed by atoms with Crippen molar-refractivity contribution in [3.8, 4) is 0 Å². The number of carbonyl (C=O) groups is 3. The molecule has 2 amide bonds. The van der Waals surface area contributed by atoms with Gasteiger partial charge in [0.2, 0.25) is 11.8 Å². The Kier molecular flexibility index (Phi) is 9.43. The Bertz CT molecular complexity index is 955. The molecule has 3 aliphatic rings. The highest BCUT2D eigenvalue weighted by Gasteiger charge is 2.79. The SMILES string of the molecule is C=CCCCOC(=O)[C@@H]1[C@H]2C(=O)N(CCCO)C(C(=O)N(CC=C)C(C)(C)CC(C)(C)C)C23CC[C@@]1(CC)O3. The molecule has 3 heterocycles. The third kappa shape index (κ3) is 5.69. The van der Waals surface area contributed by atoms with Crippen LogP contribution in [0.25, 0.3) is 0 Å². The summed E-state index contributed by atoms with van der Waals surface area (Å²) in [5, 5.41) is 9.62. The van der Waals surface area contributed by atoms with Crippen LogP contribution in [0.3, 0.4) is 0 Å². The number of esters is 1. The summed E-state index contributed by atoms with van der Waals surface area (Å²) in [5.74, 6) is -2.42. The minimum atomic E-state index is -1.11. The number of nitrogens with zero attached hydrogens (tertiary/aromatic N) is 2. The summed E-state index contributed by atoms with van der Waals surface area (Å²) < 4.78 is 12.5. The van der Waals surface area contributed by atoms with E-state index in [-0.39, 0.29) is 37.0 Å². The van der Waals surface area contributed by atoms with E-state index in [1.165, 1.54) is 0 Å². The Labute approximate surface area is 234 Å². The van der Waals surface area contributed by atoms with E-state index in [9.17, 15) is 19.5 Å². The fourth-order valence-corrected chi connectivity index (χ4v) is 7.63. The number of fused-ring (bicyclic) bond motifs is 1. The lowest BCUT2D eigenvalue weighted by molar-refractivity contribution is -0.163. The van der Waals surface area contributed by atoms with E-state index in [2.05, 4.69) is 33.9 Å². The quantitative estimate of drug-likeness (QED) is 0.199. The Hall–Kier alpha value is -2.19. The van der Waals surface area contributed by atoms with Crippen LogP contribution in [0.2, 0.25) is 0 Å². The highest BCUT2D eigenvalue weighted by atomic mass is 16.6. The zero-order valence-electron chi connectivity index (χ0n) is 25.0. The topological polar surface area (TPSA) is 96.4 Å². The number of likely N-dealkylation sites (tertiary alicyclic amines) is 1. The van der Waals surface area contributed by atoms with Gasteiger partial charge in [-0.15, -0.1) is 13.2 Å². The first-order valence-corrected chi connectivity index (χ1v) is 14.6. The molecule has 0 aromatic rings. The van der Waals surface area contributed by atoms with Crippen molar-refractivity contribution in [2.45, 2.75) is 109 Å². The molecule has 0 aromatic heterocycles. The van der Waals surface area contributed by atoms with Crippen LogP contribution in [-0.4, -0.2) is 81.8 Å². The Morgan fingerprint density at radius 3 is 2.44 bits per heavy atom. The molecule has 1 spiro atoms. The van der Waals surface area contributed by atoms with Crippen LogP contribution in [0.1, 0.15) is 86.5 Å². The molecular formula is C31H50N2O6. The molecule has 2 unspecified atom stereocenters. The van der Waals surface area contributed by atoms with Gasteiger partial charge in [0.25, 0.3) is 0 Å². The van der Waals surface area contributed by atoms with Crippen molar-refractivity contribution in [2.24, 2.45) is 17.3 Å². The normalized spacial score (nSPS) is 29.9. The van der Waals surface area contributed by atoms with Gasteiger partial charge in [-0.25, -0.2) is 0 Å². The molecule has 0 aliphatic carbocycles. The molecule has 3 fully saturated rings. The predicted octanol–water partition coefficient (Wildman–Crippen LogP) is 4.26. The summed E-state index contributed by atoms with van der Waals surface area (Å²) in [6, 6.07) is -0.882. The third-order valence-electron chi connectivity index (χ3n) is 8.79. The molecule has 0 aromatic carbocycles. The number of hydrogen-bond donors (Lipinski definition) is 1. The largest absolute Gasteiger partial charge is 0.465 e. The van der Waals surface area contributed by atoms with Gasteiger partial charge < -0.3 is 24.4 Å². The van der Waals surface area contributed by atoms with E-state index in [4.69, 9.17) is 9.47 Å². The fraction of sp³-hybridized carbons (Fsp3) is 0.774. The van der Waals surface area contributed by atoms with Crippen molar-refractivity contribution in [1.29, 1.82) is 0 Å². The summed E-state index contributed by atoms with van der Waals surface area (Å²) in [7, 11) is 0. The van der Waals surface area contributed by atoms with Gasteiger partial charge in [-0.05, 0) is 64.2 Å². The van der Waals surface area contributed by atoms with Crippen LogP contribution in [0, 0.1) is 17.3 Å². The molecule has 1 N–H and O–H groups in total. The van der Waals surface area contributed by atoms with E-state index < -0.39 is 40.6 Å². The van der Waals surface area contributed by atoms with Crippen molar-refractivity contribution in [1.82, 2.24) is 9.80 Å². The molecule has 0 saturated carbocycles. The van der Waals surface area contributed by atoms with Crippen LogP contribution in [0.15, 0.2) is 25.3 Å². The number of aliphatic hydroxyl groups is 1. The second-order valence-electron chi connectivity index (χ2n) is 13.3. The van der Waals surface area contributed by atoms with E-state index in [0.717, 1.165) is 12.8 Å². The van der Waals surface area contributed by atoms with Crippen molar-refractivity contribution in [3.05, 3.63) is 25.3 Å². The maximum atomic E-state index is 14.6. The highest BCUT2D eigenvalue weighted by molar-refractivity contribution is 5.98. The van der Waals surface area contributed by atoms with E-state index in [1.54, 1.807) is 17.1 Å². The Balaban J connectivity index is 2.06. The van der Waals surface area contributed by atoms with Crippen LogP contribution in [0.5, 0.6) is 0 Å². The minimum Gasteiger partial charge on any atom is -0.465 e. The van der Waals surface area contributed by atoms with Gasteiger partial charge in [0.1, 0.15) is 17.6 Å². The van der Waals surface area contributed by atoms with Gasteiger partial charge >= 0.3 is 5.97 Å². The van der Waals surface area contributed by atoms with Crippen LogP contribution >= 0.6 is 0 Å². The van der Waals surface area contributed by atoms with Crippen molar-refractivity contribution >= 4 is 17.8 Å². The first-order chi connectivity index (χ1) is 18.2.